The molecule has 0 aliphatic carbocycles. The van der Waals surface area contributed by atoms with Crippen LogP contribution in [-0.4, -0.2) is 171 Å². The third-order valence-electron chi connectivity index (χ3n) is 8.26. The third kappa shape index (κ3) is 9.05. The molecule has 3 aliphatic heterocycles. The number of hydrogen-bond donors (Lipinski definition) is 3. The Kier molecular flexibility index (Phi) is 12.9. The normalized spacial score (nSPS) is 30.2. The van der Waals surface area contributed by atoms with E-state index in [9.17, 15) is 19.5 Å². The average molecular weight is 601 g/mol. The summed E-state index contributed by atoms with van der Waals surface area (Å²) in [5, 5.41) is 16.1. The fourth-order valence-corrected chi connectivity index (χ4v) is 5.62. The van der Waals surface area contributed by atoms with Crippen LogP contribution in [0.4, 0.5) is 0 Å². The van der Waals surface area contributed by atoms with Gasteiger partial charge < -0.3 is 49.4 Å². The van der Waals surface area contributed by atoms with Crippen molar-refractivity contribution < 1.29 is 38.4 Å². The maximum absolute atomic E-state index is 12.8. The highest BCUT2D eigenvalue weighted by Crippen LogP contribution is 2.46. The largest absolute Gasteiger partial charge is 0.465 e. The number of aliphatic hydroxyl groups is 1. The predicted octanol–water partition coefficient (Wildman–Crippen LogP) is -1.72. The molecule has 3 N–H and O–H groups in total. The summed E-state index contributed by atoms with van der Waals surface area (Å²) < 4.78 is 22.0. The highest BCUT2D eigenvalue weighted by atomic mass is 16.9. The Bertz CT molecular complexity index is 890. The van der Waals surface area contributed by atoms with E-state index in [2.05, 4.69) is 51.0 Å². The molecule has 0 aromatic carbocycles. The minimum Gasteiger partial charge on any atom is -0.465 e. The molecule has 0 aromatic heterocycles. The van der Waals surface area contributed by atoms with Crippen molar-refractivity contribution in [1.82, 2.24) is 30.2 Å². The van der Waals surface area contributed by atoms with Crippen LogP contribution in [0.25, 0.3) is 0 Å². The number of amides is 2. The molecule has 0 bridgehead atoms. The lowest BCUT2D eigenvalue weighted by molar-refractivity contribution is -0.263. The van der Waals surface area contributed by atoms with Crippen molar-refractivity contribution in [1.29, 1.82) is 0 Å². The van der Waals surface area contributed by atoms with Gasteiger partial charge in [0.1, 0.15) is 12.2 Å². The highest BCUT2D eigenvalue weighted by Gasteiger charge is 2.69. The first kappa shape index (κ1) is 34.6. The molecule has 3 aliphatic rings. The molecule has 14 nitrogen and oxygen atoms in total. The number of methoxy groups -OCH3 is 1. The van der Waals surface area contributed by atoms with Crippen LogP contribution in [0.2, 0.25) is 0 Å². The summed E-state index contributed by atoms with van der Waals surface area (Å²) in [7, 11) is 1.19. The van der Waals surface area contributed by atoms with Gasteiger partial charge in [-0.05, 0) is 33.5 Å². The number of esters is 1. The smallest absolute Gasteiger partial charge is 0.369 e. The van der Waals surface area contributed by atoms with Gasteiger partial charge in [-0.15, -0.1) is 0 Å². The number of carbonyl (C=O) groups excluding carboxylic acids is 3. The first-order valence-electron chi connectivity index (χ1n) is 15.2. The number of carbonyl (C=O) groups is 3. The number of aliphatic hydroxyl groups excluding tert-OH is 1. The molecular formula is C28H52N6O8. The van der Waals surface area contributed by atoms with E-state index >= 15 is 0 Å². The van der Waals surface area contributed by atoms with E-state index in [1.807, 2.05) is 0 Å². The van der Waals surface area contributed by atoms with Gasteiger partial charge in [-0.2, -0.15) is 0 Å². The predicted molar refractivity (Wildman–Crippen MR) is 154 cm³/mol. The Morgan fingerprint density at radius 3 is 1.79 bits per heavy atom. The number of nitrogens with zero attached hydrogens (tertiary/aromatic N) is 4. The van der Waals surface area contributed by atoms with Crippen molar-refractivity contribution in [3.63, 3.8) is 0 Å². The first-order valence-corrected chi connectivity index (χ1v) is 15.2. The van der Waals surface area contributed by atoms with E-state index in [4.69, 9.17) is 18.9 Å². The van der Waals surface area contributed by atoms with Gasteiger partial charge in [-0.1, -0.05) is 20.8 Å². The molecule has 0 saturated carbocycles. The van der Waals surface area contributed by atoms with Crippen molar-refractivity contribution in [2.75, 3.05) is 98.7 Å². The molecule has 3 rings (SSSR count). The van der Waals surface area contributed by atoms with Gasteiger partial charge in [0, 0.05) is 58.9 Å². The van der Waals surface area contributed by atoms with E-state index in [-0.39, 0.29) is 25.5 Å². The lowest BCUT2D eigenvalue weighted by Gasteiger charge is -2.33. The first-order chi connectivity index (χ1) is 20.0. The second-order valence-corrected chi connectivity index (χ2v) is 11.5. The minimum absolute atomic E-state index is 0.112. The van der Waals surface area contributed by atoms with E-state index in [0.717, 1.165) is 72.0 Å². The van der Waals surface area contributed by atoms with E-state index in [1.165, 1.54) is 7.11 Å². The molecule has 242 valence electrons. The lowest BCUT2D eigenvalue weighted by atomic mass is 10.1. The van der Waals surface area contributed by atoms with Gasteiger partial charge in [0.15, 0.2) is 11.9 Å². The summed E-state index contributed by atoms with van der Waals surface area (Å²) in [6.45, 7) is 19.9. The summed E-state index contributed by atoms with van der Waals surface area (Å²) in [6, 6.07) is 0. The number of nitrogens with one attached hydrogen (secondary N) is 2. The van der Waals surface area contributed by atoms with Crippen molar-refractivity contribution in [2.45, 2.75) is 64.5 Å². The van der Waals surface area contributed by atoms with Crippen molar-refractivity contribution >= 4 is 17.8 Å². The van der Waals surface area contributed by atoms with Crippen molar-refractivity contribution in [3.05, 3.63) is 0 Å². The van der Waals surface area contributed by atoms with Gasteiger partial charge in [-0.25, -0.2) is 4.79 Å². The summed E-state index contributed by atoms with van der Waals surface area (Å²) in [5.74, 6) is -4.59. The van der Waals surface area contributed by atoms with Crippen LogP contribution in [0.5, 0.6) is 0 Å². The number of ether oxygens (including phenoxy) is 4. The highest BCUT2D eigenvalue weighted by molar-refractivity contribution is 5.85. The standard InChI is InChI=1S/C28H52N6O8/c1-7-31-10-12-32(8-2)14-16-34(17-15-33(9-3)13-11-31)20-23(36)30-19-22(35)29-18-21-24(37)25-28(40-21,26(38)39-6)42-27(4,5)41-25/h21,24-25,37H,7-20H2,1-6H3,(H,29,35)(H,30,36)/t21?,24-,25+,28-/m1/s1. The second kappa shape index (κ2) is 15.7. The van der Waals surface area contributed by atoms with Crippen LogP contribution in [0, 0.1) is 0 Å². The minimum atomic E-state index is -1.92. The zero-order valence-electron chi connectivity index (χ0n) is 26.2. The summed E-state index contributed by atoms with van der Waals surface area (Å²) in [4.78, 5) is 47.3. The van der Waals surface area contributed by atoms with Gasteiger partial charge in [-0.3, -0.25) is 14.5 Å². The lowest BCUT2D eigenvalue weighted by Crippen LogP contribution is -2.49. The zero-order chi connectivity index (χ0) is 30.9. The third-order valence-corrected chi connectivity index (χ3v) is 8.26. The maximum Gasteiger partial charge on any atom is 0.369 e. The van der Waals surface area contributed by atoms with Crippen molar-refractivity contribution in [3.8, 4) is 0 Å². The monoisotopic (exact) mass is 600 g/mol. The van der Waals surface area contributed by atoms with Crippen LogP contribution < -0.4 is 10.6 Å². The maximum atomic E-state index is 12.8. The Morgan fingerprint density at radius 2 is 1.31 bits per heavy atom. The van der Waals surface area contributed by atoms with Gasteiger partial charge >= 0.3 is 11.8 Å². The second-order valence-electron chi connectivity index (χ2n) is 11.5. The fraction of sp³-hybridized carbons (Fsp3) is 0.893. The quantitative estimate of drug-likeness (QED) is 0.245. The zero-order valence-corrected chi connectivity index (χ0v) is 26.2. The molecule has 0 spiro atoms. The summed E-state index contributed by atoms with van der Waals surface area (Å²) >= 11 is 0. The molecule has 0 radical (unpaired) electrons. The molecule has 4 atom stereocenters. The Labute approximate surface area is 249 Å². The molecule has 3 fully saturated rings. The topological polar surface area (TPSA) is 145 Å². The Balaban J connectivity index is 1.47. The van der Waals surface area contributed by atoms with Gasteiger partial charge in [0.05, 0.1) is 20.2 Å². The van der Waals surface area contributed by atoms with Crippen LogP contribution in [-0.2, 0) is 33.3 Å². The molecule has 3 heterocycles. The Morgan fingerprint density at radius 1 is 0.810 bits per heavy atom. The molecular weight excluding hydrogens is 548 g/mol. The molecule has 14 heteroatoms. The summed E-state index contributed by atoms with van der Waals surface area (Å²) in [6.07, 6.45) is -3.33. The van der Waals surface area contributed by atoms with Crippen molar-refractivity contribution in [2.24, 2.45) is 0 Å². The molecule has 42 heavy (non-hydrogen) atoms. The average Bonchev–Trinajstić information content (AvgIpc) is 3.39. The Hall–Kier alpha value is -1.91. The van der Waals surface area contributed by atoms with Gasteiger partial charge in [0.25, 0.3) is 0 Å². The van der Waals surface area contributed by atoms with E-state index < -0.39 is 41.8 Å². The number of hydrogen-bond acceptors (Lipinski definition) is 12. The number of fused-ring (bicyclic) bond motifs is 1. The summed E-state index contributed by atoms with van der Waals surface area (Å²) in [5.41, 5.74) is 0. The van der Waals surface area contributed by atoms with Crippen LogP contribution in [0.3, 0.4) is 0 Å². The fourth-order valence-electron chi connectivity index (χ4n) is 5.62. The molecule has 0 aromatic rings. The van der Waals surface area contributed by atoms with E-state index in [1.54, 1.807) is 13.8 Å². The van der Waals surface area contributed by atoms with Crippen LogP contribution in [0.1, 0.15) is 34.6 Å². The van der Waals surface area contributed by atoms with E-state index in [0.29, 0.717) is 0 Å². The number of rotatable bonds is 10. The van der Waals surface area contributed by atoms with Crippen LogP contribution in [0.15, 0.2) is 0 Å². The molecule has 2 amide bonds. The molecule has 1 unspecified atom stereocenters. The SMILES string of the molecule is CCN1CCN(CC)CCN(CC(=O)NCC(=O)NCC2O[C@@]3(C(=O)OC)OC(C)(C)O[C@H]3[C@@H]2O)CCN(CC)CC1. The van der Waals surface area contributed by atoms with Crippen LogP contribution >= 0.6 is 0 Å². The molecule has 3 saturated heterocycles. The van der Waals surface area contributed by atoms with Gasteiger partial charge in [0.2, 0.25) is 11.8 Å². The number of likely N-dealkylation sites (N-methyl/N-ethyl adjacent to an activating group) is 3.